The van der Waals surface area contributed by atoms with Crippen LogP contribution in [0.2, 0.25) is 0 Å². The van der Waals surface area contributed by atoms with Crippen LogP contribution < -0.4 is 5.32 Å². The van der Waals surface area contributed by atoms with E-state index in [2.05, 4.69) is 27.1 Å². The molecule has 1 fully saturated rings. The molecule has 7 rings (SSSR count). The van der Waals surface area contributed by atoms with E-state index in [-0.39, 0.29) is 28.2 Å². The number of hydrogen-bond donors (Lipinski definition) is 1. The maximum absolute atomic E-state index is 17.9. The molecule has 0 unspecified atom stereocenters. The lowest BCUT2D eigenvalue weighted by atomic mass is 9.92. The van der Waals surface area contributed by atoms with Gasteiger partial charge in [-0.15, -0.1) is 5.92 Å². The van der Waals surface area contributed by atoms with Crippen molar-refractivity contribution in [3.8, 4) is 11.8 Å². The molecule has 274 valence electrons. The van der Waals surface area contributed by atoms with Crippen LogP contribution in [0.5, 0.6) is 0 Å². The predicted molar refractivity (Wildman–Crippen MR) is 196 cm³/mol. The number of aromatic nitrogens is 3. The highest BCUT2D eigenvalue weighted by Gasteiger charge is 2.71. The Bertz CT molecular complexity index is 2420. The zero-order valence-corrected chi connectivity index (χ0v) is 29.1. The third kappa shape index (κ3) is 7.26. The first-order valence-electron chi connectivity index (χ1n) is 17.0. The number of hydrogen-bond acceptors (Lipinski definition) is 10. The van der Waals surface area contributed by atoms with Gasteiger partial charge < -0.3 is 28.8 Å². The van der Waals surface area contributed by atoms with Crippen molar-refractivity contribution in [2.24, 2.45) is 0 Å². The number of rotatable bonds is 10. The number of alkyl halides is 1. The molecule has 4 atom stereocenters. The van der Waals surface area contributed by atoms with E-state index in [0.29, 0.717) is 10.9 Å². The topological polar surface area (TPSA) is 148 Å². The molecular weight excluding hydrogens is 707 g/mol. The Morgan fingerprint density at radius 2 is 1.31 bits per heavy atom. The molecule has 1 aliphatic rings. The Kier molecular flexibility index (Phi) is 10.2. The second kappa shape index (κ2) is 15.4. The summed E-state index contributed by atoms with van der Waals surface area (Å²) in [6.45, 7) is 0.304. The van der Waals surface area contributed by atoms with Gasteiger partial charge in [-0.1, -0.05) is 72.8 Å². The van der Waals surface area contributed by atoms with Crippen molar-refractivity contribution >= 4 is 40.7 Å². The molecule has 1 amide bonds. The summed E-state index contributed by atoms with van der Waals surface area (Å²) in [5, 5.41) is 3.06. The van der Waals surface area contributed by atoms with Crippen molar-refractivity contribution in [3.63, 3.8) is 0 Å². The molecule has 1 N–H and O–H groups in total. The van der Waals surface area contributed by atoms with Crippen LogP contribution in [0.25, 0.3) is 11.0 Å². The number of fused-ring (bicyclic) bond motifs is 1. The molecule has 2 aromatic heterocycles. The smallest absolute Gasteiger partial charge is 0.339 e. The van der Waals surface area contributed by atoms with Crippen LogP contribution in [0.1, 0.15) is 54.6 Å². The molecular formula is C42H31FN4O8. The number of ether oxygens (including phenoxy) is 4. The van der Waals surface area contributed by atoms with Gasteiger partial charge >= 0.3 is 17.9 Å². The van der Waals surface area contributed by atoms with Gasteiger partial charge in [0.05, 0.1) is 22.1 Å². The Morgan fingerprint density at radius 3 is 1.89 bits per heavy atom. The van der Waals surface area contributed by atoms with E-state index >= 15 is 4.39 Å². The number of anilines is 1. The third-order valence-corrected chi connectivity index (χ3v) is 8.72. The lowest BCUT2D eigenvalue weighted by Crippen LogP contribution is -2.55. The van der Waals surface area contributed by atoms with E-state index < -0.39 is 54.2 Å². The standard InChI is InChI=1S/C42H31FN4O8/c1-2-24-41(54-38(51)31-21-13-6-14-22-31)39(53-37(50)30-19-11-5-12-20-30)42(43,26-52-36(49)29-17-9-4-10-18-29)55-40(41)47-25-23-32-33(44-27-45-34(32)47)46-35(48)28-15-7-3-8-16-28/h3-23,25,27,39-40H,26H2,1H3,(H,44,45,46,48)/t39-,40+,41+,42+/m0/s1. The van der Waals surface area contributed by atoms with Crippen LogP contribution in [0.15, 0.2) is 140 Å². The van der Waals surface area contributed by atoms with Crippen LogP contribution in [-0.4, -0.2) is 62.5 Å². The fraction of sp³-hybridized carbons (Fsp3) is 0.143. The summed E-state index contributed by atoms with van der Waals surface area (Å²) in [7, 11) is 0. The van der Waals surface area contributed by atoms with E-state index in [9.17, 15) is 19.2 Å². The van der Waals surface area contributed by atoms with Gasteiger partial charge in [0.1, 0.15) is 17.8 Å². The maximum atomic E-state index is 17.9. The molecule has 0 radical (unpaired) electrons. The van der Waals surface area contributed by atoms with Crippen molar-refractivity contribution in [2.45, 2.75) is 30.7 Å². The summed E-state index contributed by atoms with van der Waals surface area (Å²) >= 11 is 0. The summed E-state index contributed by atoms with van der Waals surface area (Å²) < 4.78 is 42.9. The summed E-state index contributed by atoms with van der Waals surface area (Å²) in [6.07, 6.45) is -1.29. The summed E-state index contributed by atoms with van der Waals surface area (Å²) in [5.74, 6) is -0.887. The fourth-order valence-electron chi connectivity index (χ4n) is 6.17. The van der Waals surface area contributed by atoms with E-state index in [1.165, 1.54) is 60.4 Å². The quantitative estimate of drug-likeness (QED) is 0.0929. The highest BCUT2D eigenvalue weighted by Crippen LogP contribution is 2.51. The minimum atomic E-state index is -3.19. The Balaban J connectivity index is 1.36. The third-order valence-electron chi connectivity index (χ3n) is 8.72. The monoisotopic (exact) mass is 738 g/mol. The largest absolute Gasteiger partial charge is 0.456 e. The molecule has 3 heterocycles. The number of halogens is 1. The van der Waals surface area contributed by atoms with E-state index in [0.717, 1.165) is 0 Å². The van der Waals surface area contributed by atoms with Gasteiger partial charge in [-0.2, -0.15) is 0 Å². The first-order chi connectivity index (χ1) is 26.7. The minimum Gasteiger partial charge on any atom is -0.456 e. The van der Waals surface area contributed by atoms with Crippen LogP contribution in [0.4, 0.5) is 10.2 Å². The molecule has 0 saturated carbocycles. The molecule has 12 nitrogen and oxygen atoms in total. The number of carbonyl (C=O) groups is 4. The van der Waals surface area contributed by atoms with Gasteiger partial charge in [0.25, 0.3) is 17.4 Å². The van der Waals surface area contributed by atoms with Crippen LogP contribution in [0, 0.1) is 11.8 Å². The van der Waals surface area contributed by atoms with Crippen LogP contribution in [0.3, 0.4) is 0 Å². The summed E-state index contributed by atoms with van der Waals surface area (Å²) in [4.78, 5) is 62.6. The zero-order chi connectivity index (χ0) is 38.4. The molecule has 0 bridgehead atoms. The second-order valence-electron chi connectivity index (χ2n) is 12.3. The minimum absolute atomic E-state index is 0.0419. The number of esters is 3. The second-order valence-corrected chi connectivity index (χ2v) is 12.3. The average Bonchev–Trinajstić information content (AvgIpc) is 3.75. The first kappa shape index (κ1) is 36.2. The number of carbonyl (C=O) groups excluding carboxylic acids is 4. The molecule has 55 heavy (non-hydrogen) atoms. The zero-order valence-electron chi connectivity index (χ0n) is 29.1. The summed E-state index contributed by atoms with van der Waals surface area (Å²) in [6, 6.07) is 33.5. The Labute approximate surface area is 313 Å². The SMILES string of the molecule is CC#C[C@]1(OC(=O)c2ccccc2)[C@H](n2ccc3c(NC(=O)c4ccccc4)ncnc32)O[C@](F)(COC(=O)c2ccccc2)[C@H]1OC(=O)c1ccccc1. The Hall–Kier alpha value is -7.17. The first-order valence-corrected chi connectivity index (χ1v) is 17.0. The van der Waals surface area contributed by atoms with Gasteiger partial charge in [-0.25, -0.2) is 28.7 Å². The van der Waals surface area contributed by atoms with Crippen molar-refractivity contribution < 1.29 is 42.5 Å². The van der Waals surface area contributed by atoms with E-state index in [4.69, 9.17) is 18.9 Å². The van der Waals surface area contributed by atoms with Crippen molar-refractivity contribution in [1.29, 1.82) is 0 Å². The molecule has 13 heteroatoms. The van der Waals surface area contributed by atoms with E-state index in [1.807, 2.05) is 0 Å². The van der Waals surface area contributed by atoms with Gasteiger partial charge in [0, 0.05) is 11.8 Å². The number of nitrogens with zero attached hydrogens (tertiary/aromatic N) is 3. The lowest BCUT2D eigenvalue weighted by Gasteiger charge is -2.34. The predicted octanol–water partition coefficient (Wildman–Crippen LogP) is 6.58. The molecule has 0 spiro atoms. The number of benzene rings is 4. The summed E-state index contributed by atoms with van der Waals surface area (Å²) in [5.41, 5.74) is -1.76. The van der Waals surface area contributed by atoms with Gasteiger partial charge in [-0.05, 0) is 67.4 Å². The van der Waals surface area contributed by atoms with Gasteiger partial charge in [0.2, 0.25) is 6.10 Å². The van der Waals surface area contributed by atoms with Crippen molar-refractivity contribution in [2.75, 3.05) is 11.9 Å². The molecule has 0 aliphatic carbocycles. The highest BCUT2D eigenvalue weighted by atomic mass is 19.2. The normalized spacial score (nSPS) is 20.1. The lowest BCUT2D eigenvalue weighted by molar-refractivity contribution is -0.206. The van der Waals surface area contributed by atoms with Gasteiger partial charge in [-0.3, -0.25) is 4.79 Å². The van der Waals surface area contributed by atoms with E-state index in [1.54, 1.807) is 91.0 Å². The van der Waals surface area contributed by atoms with Crippen molar-refractivity contribution in [1.82, 2.24) is 14.5 Å². The fourth-order valence-corrected chi connectivity index (χ4v) is 6.17. The maximum Gasteiger partial charge on any atom is 0.339 e. The van der Waals surface area contributed by atoms with Crippen LogP contribution in [-0.2, 0) is 18.9 Å². The van der Waals surface area contributed by atoms with Crippen LogP contribution >= 0.6 is 0 Å². The molecule has 6 aromatic rings. The number of amides is 1. The molecule has 4 aromatic carbocycles. The Morgan fingerprint density at radius 1 is 0.764 bits per heavy atom. The molecule has 1 saturated heterocycles. The number of nitrogens with one attached hydrogen (secondary N) is 1. The molecule has 1 aliphatic heterocycles. The highest BCUT2D eigenvalue weighted by molar-refractivity contribution is 6.07. The average molecular weight is 739 g/mol. The van der Waals surface area contributed by atoms with Crippen molar-refractivity contribution in [3.05, 3.63) is 162 Å². The van der Waals surface area contributed by atoms with Gasteiger partial charge in [0.15, 0.2) is 12.8 Å².